The molecule has 0 unspecified atom stereocenters. The van der Waals surface area contributed by atoms with Gasteiger partial charge in [-0.3, -0.25) is 0 Å². The topological polar surface area (TPSA) is 50.4 Å². The number of carbonyl (C=O) groups excluding carboxylic acids is 1. The lowest BCUT2D eigenvalue weighted by Crippen LogP contribution is -2.53. The van der Waals surface area contributed by atoms with E-state index in [0.29, 0.717) is 15.7 Å². The number of anilines is 1. The largest absolute Gasteiger partial charge is 0.467 e. The minimum Gasteiger partial charge on any atom is -0.467 e. The molecular weight excluding hydrogens is 383 g/mol. The molecule has 0 aliphatic rings. The summed E-state index contributed by atoms with van der Waals surface area (Å²) in [6.07, 6.45) is 0. The maximum absolute atomic E-state index is 13.0. The van der Waals surface area contributed by atoms with E-state index in [9.17, 15) is 4.79 Å². The molecular formula is C21H18Cl2N2O2. The lowest BCUT2D eigenvalue weighted by Gasteiger charge is -2.33. The van der Waals surface area contributed by atoms with Crippen LogP contribution in [0.15, 0.2) is 78.9 Å². The highest BCUT2D eigenvalue weighted by atomic mass is 35.5. The zero-order valence-electron chi connectivity index (χ0n) is 14.6. The van der Waals surface area contributed by atoms with E-state index < -0.39 is 11.5 Å². The van der Waals surface area contributed by atoms with Crippen molar-refractivity contribution in [1.29, 1.82) is 0 Å². The van der Waals surface area contributed by atoms with Crippen molar-refractivity contribution in [2.45, 2.75) is 5.54 Å². The first-order chi connectivity index (χ1) is 13.1. The fraction of sp³-hybridized carbons (Fsp3) is 0.0952. The number of hydrazine groups is 1. The van der Waals surface area contributed by atoms with Crippen molar-refractivity contribution in [3.63, 3.8) is 0 Å². The molecule has 0 aliphatic heterocycles. The third-order valence-corrected chi connectivity index (χ3v) is 4.77. The Balaban J connectivity index is 2.10. The lowest BCUT2D eigenvalue weighted by molar-refractivity contribution is -0.147. The molecule has 0 heterocycles. The summed E-state index contributed by atoms with van der Waals surface area (Å²) in [7, 11) is 1.36. The molecule has 6 heteroatoms. The van der Waals surface area contributed by atoms with Crippen LogP contribution < -0.4 is 10.9 Å². The van der Waals surface area contributed by atoms with Crippen molar-refractivity contribution in [2.75, 3.05) is 12.5 Å². The standard InChI is InChI=1S/C21H18Cl2N2O2/c1-27-20(26)21(15-8-4-2-5-9-15,16-10-6-3-7-11-16)25-24-19-13-12-17(22)14-18(19)23/h2-14,24-25H,1H3. The predicted octanol–water partition coefficient (Wildman–Crippen LogP) is 5.03. The van der Waals surface area contributed by atoms with E-state index in [1.54, 1.807) is 18.2 Å². The summed E-state index contributed by atoms with van der Waals surface area (Å²) in [6, 6.07) is 23.8. The zero-order chi connectivity index (χ0) is 19.3. The summed E-state index contributed by atoms with van der Waals surface area (Å²) in [5, 5.41) is 0.950. The number of ether oxygens (including phenoxy) is 1. The molecule has 3 rings (SSSR count). The number of nitrogens with one attached hydrogen (secondary N) is 2. The first-order valence-corrected chi connectivity index (χ1v) is 9.01. The minimum atomic E-state index is -1.28. The highest BCUT2D eigenvalue weighted by molar-refractivity contribution is 6.36. The predicted molar refractivity (Wildman–Crippen MR) is 109 cm³/mol. The molecule has 0 fully saturated rings. The number of hydrogen-bond donors (Lipinski definition) is 2. The van der Waals surface area contributed by atoms with Crippen molar-refractivity contribution >= 4 is 34.9 Å². The van der Waals surface area contributed by atoms with Crippen LogP contribution in [0.3, 0.4) is 0 Å². The Labute approximate surface area is 168 Å². The van der Waals surface area contributed by atoms with Crippen molar-refractivity contribution in [3.05, 3.63) is 100 Å². The summed E-state index contributed by atoms with van der Waals surface area (Å²) in [6.45, 7) is 0. The molecule has 27 heavy (non-hydrogen) atoms. The zero-order valence-corrected chi connectivity index (χ0v) is 16.1. The van der Waals surface area contributed by atoms with Crippen molar-refractivity contribution in [1.82, 2.24) is 5.43 Å². The fourth-order valence-electron chi connectivity index (χ4n) is 2.88. The maximum Gasteiger partial charge on any atom is 0.337 e. The lowest BCUT2D eigenvalue weighted by atomic mass is 9.83. The second-order valence-electron chi connectivity index (χ2n) is 5.85. The molecule has 4 nitrogen and oxygen atoms in total. The van der Waals surface area contributed by atoms with E-state index in [-0.39, 0.29) is 0 Å². The van der Waals surface area contributed by atoms with Gasteiger partial charge in [-0.1, -0.05) is 83.9 Å². The van der Waals surface area contributed by atoms with Gasteiger partial charge in [0.25, 0.3) is 0 Å². The third-order valence-electron chi connectivity index (χ3n) is 4.22. The number of hydrogen-bond acceptors (Lipinski definition) is 4. The van der Waals surface area contributed by atoms with Crippen LogP contribution in [0.1, 0.15) is 11.1 Å². The summed E-state index contributed by atoms with van der Waals surface area (Å²) in [4.78, 5) is 13.0. The summed E-state index contributed by atoms with van der Waals surface area (Å²) in [5.74, 6) is -0.461. The average molecular weight is 401 g/mol. The van der Waals surface area contributed by atoms with Crippen molar-refractivity contribution < 1.29 is 9.53 Å². The molecule has 0 bridgehead atoms. The van der Waals surface area contributed by atoms with Crippen LogP contribution in [-0.2, 0) is 15.1 Å². The van der Waals surface area contributed by atoms with Gasteiger partial charge in [0.15, 0.2) is 5.54 Å². The van der Waals surface area contributed by atoms with Crippen LogP contribution in [0, 0.1) is 0 Å². The van der Waals surface area contributed by atoms with Crippen LogP contribution in [-0.4, -0.2) is 13.1 Å². The molecule has 0 aliphatic carbocycles. The highest BCUT2D eigenvalue weighted by Gasteiger charge is 2.43. The van der Waals surface area contributed by atoms with Crippen LogP contribution in [0.25, 0.3) is 0 Å². The van der Waals surface area contributed by atoms with Gasteiger partial charge in [0.05, 0.1) is 17.8 Å². The van der Waals surface area contributed by atoms with Gasteiger partial charge in [0, 0.05) is 5.02 Å². The Bertz CT molecular complexity index is 878. The summed E-state index contributed by atoms with van der Waals surface area (Å²) in [5.41, 5.74) is 6.95. The molecule has 138 valence electrons. The van der Waals surface area contributed by atoms with Crippen LogP contribution in [0.4, 0.5) is 5.69 Å². The van der Waals surface area contributed by atoms with E-state index in [1.165, 1.54) is 7.11 Å². The number of rotatable bonds is 6. The number of esters is 1. The van der Waals surface area contributed by atoms with Gasteiger partial charge in [0.1, 0.15) is 0 Å². The van der Waals surface area contributed by atoms with E-state index >= 15 is 0 Å². The smallest absolute Gasteiger partial charge is 0.337 e. The molecule has 0 aromatic heterocycles. The van der Waals surface area contributed by atoms with Gasteiger partial charge in [-0.2, -0.15) is 0 Å². The molecule has 2 N–H and O–H groups in total. The average Bonchev–Trinajstić information content (AvgIpc) is 2.71. The summed E-state index contributed by atoms with van der Waals surface area (Å²) < 4.78 is 5.17. The molecule has 0 spiro atoms. The quantitative estimate of drug-likeness (QED) is 0.450. The van der Waals surface area contributed by atoms with Crippen molar-refractivity contribution in [2.24, 2.45) is 0 Å². The van der Waals surface area contributed by atoms with E-state index in [4.69, 9.17) is 27.9 Å². The number of halogens is 2. The molecule has 0 atom stereocenters. The van der Waals surface area contributed by atoms with Gasteiger partial charge in [-0.15, -0.1) is 0 Å². The van der Waals surface area contributed by atoms with E-state index in [1.807, 2.05) is 60.7 Å². The minimum absolute atomic E-state index is 0.426. The second kappa shape index (κ2) is 8.44. The summed E-state index contributed by atoms with van der Waals surface area (Å²) >= 11 is 12.2. The monoisotopic (exact) mass is 400 g/mol. The Morgan fingerprint density at radius 2 is 1.44 bits per heavy atom. The Morgan fingerprint density at radius 3 is 1.93 bits per heavy atom. The second-order valence-corrected chi connectivity index (χ2v) is 6.69. The molecule has 0 amide bonds. The Hall–Kier alpha value is -2.53. The SMILES string of the molecule is COC(=O)C(NNc1ccc(Cl)cc1Cl)(c1ccccc1)c1ccccc1. The Morgan fingerprint density at radius 1 is 0.889 bits per heavy atom. The van der Waals surface area contributed by atoms with Gasteiger partial charge in [-0.25, -0.2) is 10.2 Å². The molecule has 3 aromatic carbocycles. The van der Waals surface area contributed by atoms with Crippen LogP contribution in [0.5, 0.6) is 0 Å². The first kappa shape index (κ1) is 19.2. The first-order valence-electron chi connectivity index (χ1n) is 8.25. The number of benzene rings is 3. The van der Waals surface area contributed by atoms with Crippen molar-refractivity contribution in [3.8, 4) is 0 Å². The molecule has 0 saturated heterocycles. The Kier molecular flexibility index (Phi) is 6.01. The van der Waals surface area contributed by atoms with Crippen LogP contribution >= 0.6 is 23.2 Å². The van der Waals surface area contributed by atoms with Gasteiger partial charge < -0.3 is 10.2 Å². The highest BCUT2D eigenvalue weighted by Crippen LogP contribution is 2.32. The number of carbonyl (C=O) groups is 1. The molecule has 0 saturated carbocycles. The molecule has 3 aromatic rings. The van der Waals surface area contributed by atoms with Gasteiger partial charge >= 0.3 is 5.97 Å². The van der Waals surface area contributed by atoms with E-state index in [0.717, 1.165) is 11.1 Å². The maximum atomic E-state index is 13.0. The van der Waals surface area contributed by atoms with Crippen LogP contribution in [0.2, 0.25) is 10.0 Å². The van der Waals surface area contributed by atoms with Gasteiger partial charge in [-0.05, 0) is 29.3 Å². The number of methoxy groups -OCH3 is 1. The third kappa shape index (κ3) is 3.93. The van der Waals surface area contributed by atoms with E-state index in [2.05, 4.69) is 10.9 Å². The normalized spacial score (nSPS) is 11.1. The van der Waals surface area contributed by atoms with Gasteiger partial charge in [0.2, 0.25) is 0 Å². The fourth-order valence-corrected chi connectivity index (χ4v) is 3.33. The molecule has 0 radical (unpaired) electrons.